The summed E-state index contributed by atoms with van der Waals surface area (Å²) in [6, 6.07) is 4.97. The highest BCUT2D eigenvalue weighted by Gasteiger charge is 2.02. The molecule has 1 rings (SSSR count). The number of hydrogen-bond acceptors (Lipinski definition) is 3. The number of nitrogens with one attached hydrogen (secondary N) is 2. The van der Waals surface area contributed by atoms with Gasteiger partial charge in [0.2, 0.25) is 11.8 Å². The minimum absolute atomic E-state index is 0.125. The fourth-order valence-electron chi connectivity index (χ4n) is 0.982. The minimum Gasteiger partial charge on any atom is -0.311 e. The monoisotopic (exact) mass is 219 g/mol. The van der Waals surface area contributed by atoms with Crippen LogP contribution in [0.2, 0.25) is 0 Å². The molecule has 0 aromatic carbocycles. The Labute approximate surface area is 93.6 Å². The Morgan fingerprint density at radius 3 is 2.56 bits per heavy atom. The van der Waals surface area contributed by atoms with Gasteiger partial charge in [0.25, 0.3) is 0 Å². The summed E-state index contributed by atoms with van der Waals surface area (Å²) in [4.78, 5) is 26.2. The maximum absolute atomic E-state index is 11.1. The minimum atomic E-state index is -0.341. The standard InChI is InChI=1S/C11H13N3O2/c1-3-10(15)13-8-6-5-7-9(12-8)14-11(16)4-2/h3,5-7H,1,4H2,2H3,(H2,12,13,14,15,16). The van der Waals surface area contributed by atoms with Crippen LogP contribution >= 0.6 is 0 Å². The number of carbonyl (C=O) groups excluding carboxylic acids is 2. The topological polar surface area (TPSA) is 71.1 Å². The molecule has 5 heteroatoms. The van der Waals surface area contributed by atoms with E-state index >= 15 is 0 Å². The third kappa shape index (κ3) is 3.53. The van der Waals surface area contributed by atoms with Gasteiger partial charge in [0.15, 0.2) is 0 Å². The number of nitrogens with zero attached hydrogens (tertiary/aromatic N) is 1. The normalized spacial score (nSPS) is 9.31. The van der Waals surface area contributed by atoms with Gasteiger partial charge >= 0.3 is 0 Å². The molecule has 1 heterocycles. The van der Waals surface area contributed by atoms with Gasteiger partial charge in [-0.25, -0.2) is 4.98 Å². The van der Waals surface area contributed by atoms with E-state index in [0.29, 0.717) is 18.1 Å². The third-order valence-electron chi connectivity index (χ3n) is 1.77. The van der Waals surface area contributed by atoms with E-state index in [9.17, 15) is 9.59 Å². The summed E-state index contributed by atoms with van der Waals surface area (Å²) in [5.74, 6) is 0.318. The van der Waals surface area contributed by atoms with Gasteiger partial charge in [0.1, 0.15) is 11.6 Å². The maximum atomic E-state index is 11.1. The predicted molar refractivity (Wildman–Crippen MR) is 62.0 cm³/mol. The second-order valence-corrected chi connectivity index (χ2v) is 3.00. The van der Waals surface area contributed by atoms with Gasteiger partial charge in [-0.1, -0.05) is 19.6 Å². The molecule has 1 aromatic heterocycles. The molecule has 0 atom stereocenters. The molecule has 0 saturated carbocycles. The molecule has 0 aliphatic heterocycles. The lowest BCUT2D eigenvalue weighted by Crippen LogP contribution is -2.13. The van der Waals surface area contributed by atoms with E-state index < -0.39 is 0 Å². The fourth-order valence-corrected chi connectivity index (χ4v) is 0.982. The Morgan fingerprint density at radius 2 is 2.00 bits per heavy atom. The molecule has 84 valence electrons. The first-order valence-electron chi connectivity index (χ1n) is 4.86. The Bertz CT molecular complexity index is 415. The molecule has 0 spiro atoms. The van der Waals surface area contributed by atoms with Crippen LogP contribution in [0.4, 0.5) is 11.6 Å². The van der Waals surface area contributed by atoms with Crippen LogP contribution in [0.3, 0.4) is 0 Å². The second-order valence-electron chi connectivity index (χ2n) is 3.00. The molecule has 0 fully saturated rings. The van der Waals surface area contributed by atoms with Crippen LogP contribution in [0.5, 0.6) is 0 Å². The van der Waals surface area contributed by atoms with Gasteiger partial charge in [-0.2, -0.15) is 0 Å². The van der Waals surface area contributed by atoms with Crippen LogP contribution in [0, 0.1) is 0 Å². The highest BCUT2D eigenvalue weighted by Crippen LogP contribution is 2.09. The van der Waals surface area contributed by atoms with Crippen molar-refractivity contribution in [1.29, 1.82) is 0 Å². The molecule has 0 bridgehead atoms. The molecular formula is C11H13N3O2. The van der Waals surface area contributed by atoms with Gasteiger partial charge in [0, 0.05) is 6.42 Å². The highest BCUT2D eigenvalue weighted by molar-refractivity contribution is 5.98. The Balaban J connectivity index is 2.74. The van der Waals surface area contributed by atoms with Crippen LogP contribution in [0.15, 0.2) is 30.9 Å². The first-order valence-corrected chi connectivity index (χ1v) is 4.86. The lowest BCUT2D eigenvalue weighted by Gasteiger charge is -2.05. The molecule has 0 aliphatic rings. The Morgan fingerprint density at radius 1 is 1.38 bits per heavy atom. The third-order valence-corrected chi connectivity index (χ3v) is 1.77. The summed E-state index contributed by atoms with van der Waals surface area (Å²) in [6.45, 7) is 5.08. The van der Waals surface area contributed by atoms with E-state index in [4.69, 9.17) is 0 Å². The summed E-state index contributed by atoms with van der Waals surface area (Å²) < 4.78 is 0. The van der Waals surface area contributed by atoms with Gasteiger partial charge in [0.05, 0.1) is 0 Å². The van der Waals surface area contributed by atoms with Crippen LogP contribution in [-0.2, 0) is 9.59 Å². The molecule has 16 heavy (non-hydrogen) atoms. The van der Waals surface area contributed by atoms with Gasteiger partial charge in [-0.15, -0.1) is 0 Å². The molecule has 0 saturated heterocycles. The van der Waals surface area contributed by atoms with Crippen molar-refractivity contribution in [2.75, 3.05) is 10.6 Å². The van der Waals surface area contributed by atoms with Crippen molar-refractivity contribution < 1.29 is 9.59 Å². The number of anilines is 2. The summed E-state index contributed by atoms with van der Waals surface area (Å²) in [5, 5.41) is 5.10. The lowest BCUT2D eigenvalue weighted by atomic mass is 10.4. The van der Waals surface area contributed by atoms with Crippen LogP contribution in [-0.4, -0.2) is 16.8 Å². The summed E-state index contributed by atoms with van der Waals surface area (Å²) >= 11 is 0. The van der Waals surface area contributed by atoms with E-state index in [1.165, 1.54) is 0 Å². The van der Waals surface area contributed by atoms with E-state index in [2.05, 4.69) is 22.2 Å². The van der Waals surface area contributed by atoms with Crippen molar-refractivity contribution in [1.82, 2.24) is 4.98 Å². The average molecular weight is 219 g/mol. The molecule has 0 radical (unpaired) electrons. The van der Waals surface area contributed by atoms with Gasteiger partial charge < -0.3 is 10.6 Å². The number of carbonyl (C=O) groups is 2. The smallest absolute Gasteiger partial charge is 0.248 e. The first-order chi connectivity index (χ1) is 7.65. The van der Waals surface area contributed by atoms with Gasteiger partial charge in [-0.3, -0.25) is 9.59 Å². The van der Waals surface area contributed by atoms with Crippen molar-refractivity contribution in [2.45, 2.75) is 13.3 Å². The molecule has 2 amide bonds. The molecule has 0 unspecified atom stereocenters. The molecule has 1 aromatic rings. The van der Waals surface area contributed by atoms with E-state index in [1.807, 2.05) is 0 Å². The molecular weight excluding hydrogens is 206 g/mol. The number of aromatic nitrogens is 1. The Kier molecular flexibility index (Phi) is 4.20. The summed E-state index contributed by atoms with van der Waals surface area (Å²) in [6.07, 6.45) is 1.53. The number of rotatable bonds is 4. The van der Waals surface area contributed by atoms with Crippen LogP contribution < -0.4 is 10.6 Å². The number of pyridine rings is 1. The first kappa shape index (κ1) is 11.9. The van der Waals surface area contributed by atoms with Crippen molar-refractivity contribution in [3.63, 3.8) is 0 Å². The predicted octanol–water partition coefficient (Wildman–Crippen LogP) is 1.55. The van der Waals surface area contributed by atoms with E-state index in [1.54, 1.807) is 25.1 Å². The molecule has 5 nitrogen and oxygen atoms in total. The van der Waals surface area contributed by atoms with E-state index in [0.717, 1.165) is 6.08 Å². The van der Waals surface area contributed by atoms with Crippen molar-refractivity contribution in [2.24, 2.45) is 0 Å². The van der Waals surface area contributed by atoms with Gasteiger partial charge in [-0.05, 0) is 18.2 Å². The van der Waals surface area contributed by atoms with Crippen molar-refractivity contribution >= 4 is 23.5 Å². The van der Waals surface area contributed by atoms with Crippen molar-refractivity contribution in [3.05, 3.63) is 30.9 Å². The average Bonchev–Trinajstić information content (AvgIpc) is 2.29. The fraction of sp³-hybridized carbons (Fsp3) is 0.182. The van der Waals surface area contributed by atoms with Crippen LogP contribution in [0.1, 0.15) is 13.3 Å². The second kappa shape index (κ2) is 5.65. The summed E-state index contributed by atoms with van der Waals surface area (Å²) in [5.41, 5.74) is 0. The molecule has 2 N–H and O–H groups in total. The van der Waals surface area contributed by atoms with E-state index in [-0.39, 0.29) is 11.8 Å². The van der Waals surface area contributed by atoms with Crippen molar-refractivity contribution in [3.8, 4) is 0 Å². The maximum Gasteiger partial charge on any atom is 0.248 e. The number of hydrogen-bond donors (Lipinski definition) is 2. The zero-order valence-electron chi connectivity index (χ0n) is 8.99. The quantitative estimate of drug-likeness (QED) is 0.755. The zero-order valence-corrected chi connectivity index (χ0v) is 8.99. The molecule has 0 aliphatic carbocycles. The lowest BCUT2D eigenvalue weighted by molar-refractivity contribution is -0.116. The highest BCUT2D eigenvalue weighted by atomic mass is 16.2. The number of amides is 2. The SMILES string of the molecule is C=CC(=O)Nc1cccc(NC(=O)CC)n1. The summed E-state index contributed by atoms with van der Waals surface area (Å²) in [7, 11) is 0. The Hall–Kier alpha value is -2.17. The zero-order chi connectivity index (χ0) is 12.0. The van der Waals surface area contributed by atoms with Crippen LogP contribution in [0.25, 0.3) is 0 Å². The largest absolute Gasteiger partial charge is 0.311 e.